The van der Waals surface area contributed by atoms with Gasteiger partial charge in [0.05, 0.1) is 29.2 Å². The number of fused-ring (bicyclic) bond motifs is 2. The zero-order valence-electron chi connectivity index (χ0n) is 15.4. The van der Waals surface area contributed by atoms with E-state index >= 15 is 0 Å². The number of hydrogen-bond donors (Lipinski definition) is 1. The minimum Gasteiger partial charge on any atom is -0.320 e. The van der Waals surface area contributed by atoms with Crippen LogP contribution in [0.25, 0.3) is 0 Å². The molecule has 6 nitrogen and oxygen atoms in total. The molecule has 0 radical (unpaired) electrons. The van der Waals surface area contributed by atoms with Crippen molar-refractivity contribution < 1.29 is 9.59 Å². The quantitative estimate of drug-likeness (QED) is 0.833. The minimum atomic E-state index is -0.160. The van der Waals surface area contributed by atoms with Gasteiger partial charge in [0.25, 0.3) is 5.91 Å². The highest BCUT2D eigenvalue weighted by molar-refractivity contribution is 7.11. The highest BCUT2D eigenvalue weighted by Gasteiger charge is 2.32. The maximum absolute atomic E-state index is 13.3. The number of aryl methyl sites for hydroxylation is 1. The maximum atomic E-state index is 13.3. The summed E-state index contributed by atoms with van der Waals surface area (Å²) in [6, 6.07) is 7.50. The Morgan fingerprint density at radius 1 is 1.19 bits per heavy atom. The predicted molar refractivity (Wildman–Crippen MR) is 112 cm³/mol. The van der Waals surface area contributed by atoms with Gasteiger partial charge in [-0.2, -0.15) is 0 Å². The van der Waals surface area contributed by atoms with Gasteiger partial charge in [0.15, 0.2) is 0 Å². The first-order chi connectivity index (χ1) is 12.5. The molecule has 0 unspecified atom stereocenters. The van der Waals surface area contributed by atoms with Crippen LogP contribution in [0.15, 0.2) is 29.6 Å². The van der Waals surface area contributed by atoms with Crippen LogP contribution in [0.1, 0.15) is 15.2 Å². The van der Waals surface area contributed by atoms with Crippen LogP contribution in [0, 0.1) is 6.92 Å². The molecule has 2 amide bonds. The molecule has 0 aliphatic carbocycles. The summed E-state index contributed by atoms with van der Waals surface area (Å²) in [5, 5.41) is 4.78. The fourth-order valence-electron chi connectivity index (χ4n) is 3.50. The van der Waals surface area contributed by atoms with Crippen molar-refractivity contribution in [3.8, 4) is 0 Å². The number of thiophene rings is 1. The van der Waals surface area contributed by atoms with Crippen LogP contribution in [0.4, 0.5) is 17.1 Å². The molecule has 4 rings (SSSR count). The van der Waals surface area contributed by atoms with Gasteiger partial charge in [-0.05, 0) is 26.1 Å². The molecule has 2 aromatic rings. The lowest BCUT2D eigenvalue weighted by Crippen LogP contribution is -2.48. The zero-order valence-corrected chi connectivity index (χ0v) is 17.0. The average Bonchev–Trinajstić information content (AvgIpc) is 2.94. The molecule has 3 heterocycles. The minimum absolute atomic E-state index is 0. The van der Waals surface area contributed by atoms with E-state index in [0.717, 1.165) is 42.4 Å². The van der Waals surface area contributed by atoms with Gasteiger partial charge >= 0.3 is 0 Å². The Morgan fingerprint density at radius 3 is 2.63 bits per heavy atom. The molecule has 1 N–H and O–H groups in total. The number of anilines is 3. The summed E-state index contributed by atoms with van der Waals surface area (Å²) in [4.78, 5) is 33.1. The first-order valence-electron chi connectivity index (χ1n) is 8.77. The van der Waals surface area contributed by atoms with Crippen LogP contribution in [0.2, 0.25) is 0 Å². The zero-order chi connectivity index (χ0) is 18.3. The van der Waals surface area contributed by atoms with Crippen LogP contribution in [-0.4, -0.2) is 61.4 Å². The van der Waals surface area contributed by atoms with E-state index in [-0.39, 0.29) is 24.2 Å². The number of halogens is 1. The largest absolute Gasteiger partial charge is 0.320 e. The van der Waals surface area contributed by atoms with Crippen molar-refractivity contribution in [2.75, 3.05) is 50.0 Å². The Balaban J connectivity index is 0.00000210. The van der Waals surface area contributed by atoms with Gasteiger partial charge in [-0.1, -0.05) is 12.1 Å². The Hall–Kier alpha value is -1.93. The first kappa shape index (κ1) is 19.8. The smallest absolute Gasteiger partial charge is 0.258 e. The van der Waals surface area contributed by atoms with E-state index in [0.29, 0.717) is 17.8 Å². The van der Waals surface area contributed by atoms with Gasteiger partial charge in [0.1, 0.15) is 0 Å². The van der Waals surface area contributed by atoms with E-state index in [9.17, 15) is 9.59 Å². The van der Waals surface area contributed by atoms with Crippen molar-refractivity contribution in [3.05, 3.63) is 40.1 Å². The Kier molecular flexibility index (Phi) is 5.86. The number of likely N-dealkylation sites (N-methyl/N-ethyl adjacent to an activating group) is 1. The van der Waals surface area contributed by atoms with Crippen molar-refractivity contribution in [2.45, 2.75) is 6.92 Å². The van der Waals surface area contributed by atoms with Crippen molar-refractivity contribution in [1.29, 1.82) is 0 Å². The van der Waals surface area contributed by atoms with Crippen molar-refractivity contribution in [1.82, 2.24) is 9.80 Å². The first-order valence-corrected chi connectivity index (χ1v) is 9.65. The van der Waals surface area contributed by atoms with Crippen LogP contribution < -0.4 is 10.2 Å². The summed E-state index contributed by atoms with van der Waals surface area (Å²) in [5.41, 5.74) is 2.69. The fraction of sp³-hybridized carbons (Fsp3) is 0.368. The van der Waals surface area contributed by atoms with Crippen LogP contribution in [-0.2, 0) is 4.79 Å². The third-order valence-corrected chi connectivity index (χ3v) is 5.91. The van der Waals surface area contributed by atoms with Gasteiger partial charge in [0.2, 0.25) is 5.91 Å². The summed E-state index contributed by atoms with van der Waals surface area (Å²) in [7, 11) is 2.10. The second-order valence-corrected chi connectivity index (χ2v) is 7.92. The van der Waals surface area contributed by atoms with E-state index in [1.807, 2.05) is 36.6 Å². The van der Waals surface area contributed by atoms with E-state index in [1.54, 1.807) is 4.90 Å². The summed E-state index contributed by atoms with van der Waals surface area (Å²) in [6.07, 6.45) is 0. The molecular formula is C19H23ClN4O2S. The average molecular weight is 407 g/mol. The molecule has 1 aromatic heterocycles. The molecule has 0 atom stereocenters. The molecule has 1 saturated heterocycles. The summed E-state index contributed by atoms with van der Waals surface area (Å²) < 4.78 is 0. The molecule has 1 aromatic carbocycles. The third kappa shape index (κ3) is 3.73. The number of para-hydroxylation sites is 2. The lowest BCUT2D eigenvalue weighted by Gasteiger charge is -2.33. The molecule has 27 heavy (non-hydrogen) atoms. The SMILES string of the molecule is Cc1scc2c1N(C(=O)CN1CCN(C)CC1)c1ccccc1NC2=O.Cl. The highest BCUT2D eigenvalue weighted by Crippen LogP contribution is 2.42. The molecule has 0 bridgehead atoms. The number of nitrogens with zero attached hydrogens (tertiary/aromatic N) is 3. The molecule has 2 aliphatic heterocycles. The van der Waals surface area contributed by atoms with Crippen LogP contribution in [0.3, 0.4) is 0 Å². The van der Waals surface area contributed by atoms with Crippen LogP contribution >= 0.6 is 23.7 Å². The molecule has 1 fully saturated rings. The van der Waals surface area contributed by atoms with Crippen LogP contribution in [0.5, 0.6) is 0 Å². The Bertz CT molecular complexity index is 861. The van der Waals surface area contributed by atoms with E-state index in [4.69, 9.17) is 0 Å². The van der Waals surface area contributed by atoms with Crippen molar-refractivity contribution >= 4 is 52.6 Å². The molecule has 8 heteroatoms. The summed E-state index contributed by atoms with van der Waals surface area (Å²) in [6.45, 7) is 6.00. The molecule has 0 saturated carbocycles. The van der Waals surface area contributed by atoms with E-state index < -0.39 is 0 Å². The Morgan fingerprint density at radius 2 is 1.89 bits per heavy atom. The van der Waals surface area contributed by atoms with Gasteiger partial charge < -0.3 is 10.2 Å². The number of piperazine rings is 1. The van der Waals surface area contributed by atoms with Gasteiger partial charge in [-0.15, -0.1) is 23.7 Å². The fourth-order valence-corrected chi connectivity index (χ4v) is 4.33. The normalized spacial score (nSPS) is 17.4. The molecular weight excluding hydrogens is 384 g/mol. The number of amides is 2. The van der Waals surface area contributed by atoms with Crippen molar-refractivity contribution in [3.63, 3.8) is 0 Å². The number of hydrogen-bond acceptors (Lipinski definition) is 5. The third-order valence-electron chi connectivity index (χ3n) is 5.01. The number of carbonyl (C=O) groups is 2. The number of benzene rings is 1. The topological polar surface area (TPSA) is 55.9 Å². The highest BCUT2D eigenvalue weighted by atomic mass is 35.5. The second kappa shape index (κ2) is 7.98. The summed E-state index contributed by atoms with van der Waals surface area (Å²) in [5.74, 6) is -0.159. The summed E-state index contributed by atoms with van der Waals surface area (Å²) >= 11 is 1.50. The van der Waals surface area contributed by atoms with Gasteiger partial charge in [-0.3, -0.25) is 19.4 Å². The van der Waals surface area contributed by atoms with Crippen molar-refractivity contribution in [2.24, 2.45) is 0 Å². The monoisotopic (exact) mass is 406 g/mol. The molecule has 144 valence electrons. The maximum Gasteiger partial charge on any atom is 0.258 e. The van der Waals surface area contributed by atoms with E-state index in [2.05, 4.69) is 22.2 Å². The standard InChI is InChI=1S/C19H22N4O2S.ClH/c1-13-18-14(12-26-13)19(25)20-15-5-3-4-6-16(15)23(18)17(24)11-22-9-7-21(2)8-10-22;/h3-6,12H,7-11H2,1-2H3,(H,20,25);1H. The number of rotatable bonds is 2. The lowest BCUT2D eigenvalue weighted by molar-refractivity contribution is -0.119. The Labute approximate surface area is 169 Å². The molecule has 2 aliphatic rings. The van der Waals surface area contributed by atoms with E-state index in [1.165, 1.54) is 11.3 Å². The van der Waals surface area contributed by atoms with Gasteiger partial charge in [-0.25, -0.2) is 0 Å². The van der Waals surface area contributed by atoms with Gasteiger partial charge in [0, 0.05) is 36.4 Å². The number of nitrogens with one attached hydrogen (secondary N) is 1. The second-order valence-electron chi connectivity index (χ2n) is 6.83. The predicted octanol–water partition coefficient (Wildman–Crippen LogP) is 2.96. The number of carbonyl (C=O) groups excluding carboxylic acids is 2. The lowest BCUT2D eigenvalue weighted by atomic mass is 10.2. The molecule has 0 spiro atoms.